The van der Waals surface area contributed by atoms with Crippen LogP contribution in [0.15, 0.2) is 54.9 Å². The third-order valence-corrected chi connectivity index (χ3v) is 5.01. The van der Waals surface area contributed by atoms with Crippen molar-refractivity contribution < 1.29 is 9.53 Å². The Morgan fingerprint density at radius 3 is 2.93 bits per heavy atom. The zero-order valence-corrected chi connectivity index (χ0v) is 15.6. The van der Waals surface area contributed by atoms with E-state index in [2.05, 4.69) is 16.0 Å². The second-order valence-corrected chi connectivity index (χ2v) is 6.93. The van der Waals surface area contributed by atoms with Gasteiger partial charge in [0.05, 0.1) is 11.5 Å². The number of likely N-dealkylation sites (tertiary alicyclic amines) is 1. The molecule has 1 saturated heterocycles. The molecular weight excluding hydrogens is 352 g/mol. The highest BCUT2D eigenvalue weighted by Crippen LogP contribution is 2.32. The Bertz CT molecular complexity index is 1040. The summed E-state index contributed by atoms with van der Waals surface area (Å²) in [6.07, 6.45) is 4.92. The second kappa shape index (κ2) is 7.57. The number of benzene rings is 2. The van der Waals surface area contributed by atoms with Crippen LogP contribution in [0.25, 0.3) is 0 Å². The summed E-state index contributed by atoms with van der Waals surface area (Å²) in [5.41, 5.74) is 2.40. The lowest BCUT2D eigenvalue weighted by Gasteiger charge is -2.13. The number of aromatic nitrogens is 2. The second-order valence-electron chi connectivity index (χ2n) is 6.93. The van der Waals surface area contributed by atoms with Gasteiger partial charge in [0.15, 0.2) is 0 Å². The molecule has 2 heterocycles. The third-order valence-electron chi connectivity index (χ3n) is 5.01. The van der Waals surface area contributed by atoms with Crippen LogP contribution in [-0.2, 0) is 11.2 Å². The number of hydrogen-bond acceptors (Lipinski definition) is 4. The number of nitriles is 1. The van der Waals surface area contributed by atoms with Gasteiger partial charge in [0.25, 0.3) is 0 Å². The van der Waals surface area contributed by atoms with Gasteiger partial charge < -0.3 is 14.6 Å². The van der Waals surface area contributed by atoms with Crippen molar-refractivity contribution in [1.82, 2.24) is 14.9 Å². The molecule has 3 aromatic rings. The largest absolute Gasteiger partial charge is 0.456 e. The average molecular weight is 372 g/mol. The van der Waals surface area contributed by atoms with Crippen LogP contribution in [0.5, 0.6) is 11.5 Å². The fraction of sp³-hybridized carbons (Fsp3) is 0.227. The number of hydrogen-bond donors (Lipinski definition) is 1. The number of H-pyrrole nitrogens is 1. The van der Waals surface area contributed by atoms with Gasteiger partial charge in [0, 0.05) is 32.4 Å². The lowest BCUT2D eigenvalue weighted by atomic mass is 9.97. The van der Waals surface area contributed by atoms with E-state index in [-0.39, 0.29) is 11.8 Å². The standard InChI is InChI=1S/C22H20N4O2/c1-26-10-7-19(22(26)27)16-3-2-4-18(13-16)28-20-11-15(5-6-17(20)14-23)12-21-24-8-9-25-21/h2-6,8-9,11,13,19H,7,10,12H2,1H3,(H,24,25). The van der Waals surface area contributed by atoms with Crippen molar-refractivity contribution in [2.45, 2.75) is 18.8 Å². The van der Waals surface area contributed by atoms with Crippen LogP contribution in [0.3, 0.4) is 0 Å². The molecule has 1 atom stereocenters. The summed E-state index contributed by atoms with van der Waals surface area (Å²) in [5.74, 6) is 1.97. The van der Waals surface area contributed by atoms with E-state index in [4.69, 9.17) is 4.74 Å². The quantitative estimate of drug-likeness (QED) is 0.742. The summed E-state index contributed by atoms with van der Waals surface area (Å²) in [4.78, 5) is 21.4. The minimum Gasteiger partial charge on any atom is -0.456 e. The Labute approximate surface area is 163 Å². The molecule has 2 aromatic carbocycles. The summed E-state index contributed by atoms with van der Waals surface area (Å²) in [7, 11) is 1.83. The summed E-state index contributed by atoms with van der Waals surface area (Å²) in [6.45, 7) is 0.766. The number of imidazole rings is 1. The van der Waals surface area contributed by atoms with E-state index in [9.17, 15) is 10.1 Å². The maximum atomic E-state index is 12.3. The van der Waals surface area contributed by atoms with E-state index in [1.807, 2.05) is 43.4 Å². The van der Waals surface area contributed by atoms with Crippen molar-refractivity contribution in [2.24, 2.45) is 0 Å². The van der Waals surface area contributed by atoms with Crippen LogP contribution in [0.2, 0.25) is 0 Å². The number of carbonyl (C=O) groups excluding carboxylic acids is 1. The van der Waals surface area contributed by atoms with Gasteiger partial charge in [0.1, 0.15) is 23.4 Å². The Kier molecular flexibility index (Phi) is 4.81. The highest BCUT2D eigenvalue weighted by molar-refractivity contribution is 5.85. The van der Waals surface area contributed by atoms with E-state index >= 15 is 0 Å². The van der Waals surface area contributed by atoms with E-state index < -0.39 is 0 Å². The lowest BCUT2D eigenvalue weighted by molar-refractivity contribution is -0.127. The minimum absolute atomic E-state index is 0.130. The van der Waals surface area contributed by atoms with E-state index in [0.717, 1.165) is 29.9 Å². The van der Waals surface area contributed by atoms with Gasteiger partial charge in [0.2, 0.25) is 5.91 Å². The van der Waals surface area contributed by atoms with Gasteiger partial charge in [-0.1, -0.05) is 18.2 Å². The molecule has 0 radical (unpaired) electrons. The van der Waals surface area contributed by atoms with E-state index in [1.54, 1.807) is 23.4 Å². The number of nitrogens with zero attached hydrogens (tertiary/aromatic N) is 3. The molecule has 0 spiro atoms. The van der Waals surface area contributed by atoms with Crippen molar-refractivity contribution in [2.75, 3.05) is 13.6 Å². The highest BCUT2D eigenvalue weighted by atomic mass is 16.5. The molecule has 140 valence electrons. The normalized spacial score (nSPS) is 16.2. The van der Waals surface area contributed by atoms with Gasteiger partial charge in [-0.05, 0) is 41.8 Å². The highest BCUT2D eigenvalue weighted by Gasteiger charge is 2.30. The van der Waals surface area contributed by atoms with Gasteiger partial charge >= 0.3 is 0 Å². The summed E-state index contributed by atoms with van der Waals surface area (Å²) in [6, 6.07) is 15.3. The first kappa shape index (κ1) is 17.8. The monoisotopic (exact) mass is 372 g/mol. The van der Waals surface area contributed by atoms with Crippen molar-refractivity contribution in [3.05, 3.63) is 77.4 Å². The third kappa shape index (κ3) is 3.60. The molecule has 1 N–H and O–H groups in total. The molecule has 6 nitrogen and oxygen atoms in total. The Morgan fingerprint density at radius 1 is 1.32 bits per heavy atom. The number of amides is 1. The van der Waals surface area contributed by atoms with Crippen LogP contribution >= 0.6 is 0 Å². The fourth-order valence-electron chi connectivity index (χ4n) is 3.49. The molecule has 0 aliphatic carbocycles. The predicted molar refractivity (Wildman–Crippen MR) is 104 cm³/mol. The summed E-state index contributed by atoms with van der Waals surface area (Å²) in [5, 5.41) is 9.44. The average Bonchev–Trinajstić information content (AvgIpc) is 3.33. The minimum atomic E-state index is -0.130. The molecular formula is C22H20N4O2. The molecule has 1 aromatic heterocycles. The molecule has 1 fully saturated rings. The van der Waals surface area contributed by atoms with E-state index in [0.29, 0.717) is 23.5 Å². The van der Waals surface area contributed by atoms with Crippen molar-refractivity contribution in [1.29, 1.82) is 5.26 Å². The number of likely N-dealkylation sites (N-methyl/N-ethyl adjacent to an activating group) is 1. The zero-order chi connectivity index (χ0) is 19.5. The Morgan fingerprint density at radius 2 is 2.21 bits per heavy atom. The SMILES string of the molecule is CN1CCC(c2cccc(Oc3cc(Cc4ncc[nH]4)ccc3C#N)c2)C1=O. The first-order chi connectivity index (χ1) is 13.6. The number of nitrogens with one attached hydrogen (secondary N) is 1. The molecule has 1 aliphatic heterocycles. The van der Waals surface area contributed by atoms with Crippen LogP contribution < -0.4 is 4.74 Å². The molecule has 4 rings (SSSR count). The smallest absolute Gasteiger partial charge is 0.229 e. The van der Waals surface area contributed by atoms with Crippen molar-refractivity contribution in [3.8, 4) is 17.6 Å². The summed E-state index contributed by atoms with van der Waals surface area (Å²) < 4.78 is 6.04. The van der Waals surface area contributed by atoms with Crippen LogP contribution in [-0.4, -0.2) is 34.4 Å². The molecule has 1 amide bonds. The number of rotatable bonds is 5. The maximum absolute atomic E-state index is 12.3. The van der Waals surface area contributed by atoms with Crippen LogP contribution in [0.1, 0.15) is 34.9 Å². The topological polar surface area (TPSA) is 82.0 Å². The maximum Gasteiger partial charge on any atom is 0.229 e. The molecule has 6 heteroatoms. The molecule has 0 saturated carbocycles. The Hall–Kier alpha value is -3.59. The van der Waals surface area contributed by atoms with Crippen molar-refractivity contribution in [3.63, 3.8) is 0 Å². The predicted octanol–water partition coefficient (Wildman–Crippen LogP) is 3.61. The lowest BCUT2D eigenvalue weighted by Crippen LogP contribution is -2.21. The van der Waals surface area contributed by atoms with Crippen molar-refractivity contribution >= 4 is 5.91 Å². The van der Waals surface area contributed by atoms with Crippen LogP contribution in [0, 0.1) is 11.3 Å². The summed E-state index contributed by atoms with van der Waals surface area (Å²) >= 11 is 0. The first-order valence-electron chi connectivity index (χ1n) is 9.18. The molecule has 1 unspecified atom stereocenters. The Balaban J connectivity index is 1.59. The number of ether oxygens (including phenoxy) is 1. The van der Waals surface area contributed by atoms with E-state index in [1.165, 1.54) is 0 Å². The first-order valence-corrected chi connectivity index (χ1v) is 9.18. The number of aromatic amines is 1. The van der Waals surface area contributed by atoms with Gasteiger partial charge in [-0.25, -0.2) is 4.98 Å². The molecule has 0 bridgehead atoms. The van der Waals surface area contributed by atoms with Crippen LogP contribution in [0.4, 0.5) is 0 Å². The zero-order valence-electron chi connectivity index (χ0n) is 15.6. The van der Waals surface area contributed by atoms with Gasteiger partial charge in [-0.15, -0.1) is 0 Å². The van der Waals surface area contributed by atoms with Gasteiger partial charge in [-0.3, -0.25) is 4.79 Å². The molecule has 1 aliphatic rings. The fourth-order valence-corrected chi connectivity index (χ4v) is 3.49. The van der Waals surface area contributed by atoms with Gasteiger partial charge in [-0.2, -0.15) is 5.26 Å². The number of carbonyl (C=O) groups is 1. The molecule has 28 heavy (non-hydrogen) atoms.